The molecule has 7 nitrogen and oxygen atoms in total. The lowest BCUT2D eigenvalue weighted by molar-refractivity contribution is 0.0697. The maximum atomic E-state index is 12.0. The van der Waals surface area contributed by atoms with Crippen LogP contribution in [0.5, 0.6) is 5.75 Å². The number of hydrogen-bond donors (Lipinski definition) is 2. The van der Waals surface area contributed by atoms with Gasteiger partial charge in [-0.15, -0.1) is 0 Å². The molecule has 1 aliphatic heterocycles. The monoisotopic (exact) mass is 566 g/mol. The summed E-state index contributed by atoms with van der Waals surface area (Å²) < 4.78 is 8.79. The molecule has 1 aromatic heterocycles. The summed E-state index contributed by atoms with van der Waals surface area (Å²) in [6.45, 7) is 3.88. The van der Waals surface area contributed by atoms with Gasteiger partial charge in [0, 0.05) is 74.2 Å². The van der Waals surface area contributed by atoms with Gasteiger partial charge in [-0.3, -0.25) is 0 Å². The Bertz CT molecular complexity index is 1580. The van der Waals surface area contributed by atoms with E-state index in [-0.39, 0.29) is 0 Å². The Morgan fingerprint density at radius 3 is 2.62 bits per heavy atom. The Morgan fingerprint density at radius 2 is 1.86 bits per heavy atom. The second kappa shape index (κ2) is 12.1. The fraction of sp³-hybridized carbons (Fsp3) is 0.400. The Labute approximate surface area is 248 Å². The highest BCUT2D eigenvalue weighted by Crippen LogP contribution is 2.48. The summed E-state index contributed by atoms with van der Waals surface area (Å²) in [6, 6.07) is 20.7. The van der Waals surface area contributed by atoms with Gasteiger partial charge >= 0.3 is 5.97 Å². The van der Waals surface area contributed by atoms with E-state index in [0.717, 1.165) is 48.7 Å². The van der Waals surface area contributed by atoms with E-state index in [1.165, 1.54) is 60.0 Å². The minimum absolute atomic E-state index is 0.344. The number of carboxylic acid groups (broad SMARTS) is 1. The van der Waals surface area contributed by atoms with E-state index in [9.17, 15) is 9.90 Å². The Morgan fingerprint density at radius 1 is 1.02 bits per heavy atom. The molecule has 0 radical (unpaired) electrons. The number of hydrogen-bond acceptors (Lipinski definition) is 5. The van der Waals surface area contributed by atoms with Crippen LogP contribution in [0, 0.1) is 0 Å². The molecule has 0 amide bonds. The van der Waals surface area contributed by atoms with Crippen molar-refractivity contribution in [3.63, 3.8) is 0 Å². The number of anilines is 2. The normalized spacial score (nSPS) is 15.3. The van der Waals surface area contributed by atoms with Crippen LogP contribution < -0.4 is 19.9 Å². The average Bonchev–Trinajstić information content (AvgIpc) is 3.24. The number of fused-ring (bicyclic) bond motifs is 5. The van der Waals surface area contributed by atoms with Gasteiger partial charge in [0.1, 0.15) is 12.4 Å². The van der Waals surface area contributed by atoms with Gasteiger partial charge in [0.2, 0.25) is 0 Å². The van der Waals surface area contributed by atoms with E-state index in [2.05, 4.69) is 82.3 Å². The average molecular weight is 567 g/mol. The molecule has 1 aliphatic carbocycles. The predicted molar refractivity (Wildman–Crippen MR) is 171 cm³/mol. The number of nitrogens with zero attached hydrogens (tertiary/aromatic N) is 3. The number of benzene rings is 3. The van der Waals surface area contributed by atoms with Gasteiger partial charge in [-0.25, -0.2) is 4.79 Å². The zero-order chi connectivity index (χ0) is 29.2. The molecule has 2 N–H and O–H groups in total. The van der Waals surface area contributed by atoms with E-state index >= 15 is 0 Å². The topological polar surface area (TPSA) is 70.0 Å². The molecule has 0 spiro atoms. The summed E-state index contributed by atoms with van der Waals surface area (Å²) in [5.41, 5.74) is 8.72. The molecule has 0 unspecified atom stereocenters. The fourth-order valence-corrected chi connectivity index (χ4v) is 6.81. The minimum atomic E-state index is -0.880. The van der Waals surface area contributed by atoms with E-state index in [1.807, 2.05) is 13.1 Å². The molecule has 0 bridgehead atoms. The number of likely N-dealkylation sites (N-methyl/N-ethyl adjacent to an activating group) is 1. The number of carbonyl (C=O) groups is 1. The van der Waals surface area contributed by atoms with E-state index in [4.69, 9.17) is 4.74 Å². The minimum Gasteiger partial charge on any atom is -0.489 e. The van der Waals surface area contributed by atoms with Gasteiger partial charge in [0.05, 0.1) is 11.3 Å². The van der Waals surface area contributed by atoms with Crippen molar-refractivity contribution in [2.24, 2.45) is 0 Å². The molecular weight excluding hydrogens is 524 g/mol. The highest BCUT2D eigenvalue weighted by Gasteiger charge is 2.31. The van der Waals surface area contributed by atoms with E-state index in [1.54, 1.807) is 6.07 Å². The molecule has 2 heterocycles. The number of ether oxygens (including phenoxy) is 1. The van der Waals surface area contributed by atoms with Crippen LogP contribution in [0.15, 0.2) is 60.7 Å². The summed E-state index contributed by atoms with van der Waals surface area (Å²) in [4.78, 5) is 16.5. The van der Waals surface area contributed by atoms with Crippen molar-refractivity contribution in [1.82, 2.24) is 9.88 Å². The molecule has 42 heavy (non-hydrogen) atoms. The summed E-state index contributed by atoms with van der Waals surface area (Å²) in [5, 5.41) is 14.3. The summed E-state index contributed by atoms with van der Waals surface area (Å²) >= 11 is 0. The van der Waals surface area contributed by atoms with Crippen molar-refractivity contribution >= 4 is 28.2 Å². The van der Waals surface area contributed by atoms with Crippen molar-refractivity contribution in [3.8, 4) is 17.0 Å². The summed E-state index contributed by atoms with van der Waals surface area (Å²) in [6.07, 6.45) is 6.14. The van der Waals surface area contributed by atoms with Crippen molar-refractivity contribution in [1.29, 1.82) is 0 Å². The van der Waals surface area contributed by atoms with Crippen LogP contribution in [0.25, 0.3) is 22.2 Å². The van der Waals surface area contributed by atoms with Crippen LogP contribution >= 0.6 is 0 Å². The second-order valence-electron chi connectivity index (χ2n) is 11.9. The van der Waals surface area contributed by atoms with E-state index < -0.39 is 5.97 Å². The first kappa shape index (κ1) is 28.2. The maximum Gasteiger partial charge on any atom is 0.335 e. The number of nitrogens with one attached hydrogen (secondary N) is 1. The van der Waals surface area contributed by atoms with Crippen LogP contribution in [-0.4, -0.2) is 56.4 Å². The summed E-state index contributed by atoms with van der Waals surface area (Å²) in [5.74, 6) is 0.453. The first-order valence-electron chi connectivity index (χ1n) is 15.3. The quantitative estimate of drug-likeness (QED) is 0.234. The zero-order valence-electron chi connectivity index (χ0n) is 25.0. The first-order chi connectivity index (χ1) is 20.4. The number of carboxylic acids is 1. The van der Waals surface area contributed by atoms with Crippen LogP contribution in [-0.2, 0) is 13.2 Å². The number of aromatic carboxylic acids is 1. The second-order valence-corrected chi connectivity index (χ2v) is 11.9. The highest BCUT2D eigenvalue weighted by molar-refractivity contribution is 5.99. The third-order valence-electron chi connectivity index (χ3n) is 8.99. The van der Waals surface area contributed by atoms with Crippen LogP contribution in [0.2, 0.25) is 0 Å². The van der Waals surface area contributed by atoms with Crippen molar-refractivity contribution < 1.29 is 14.6 Å². The third-order valence-corrected chi connectivity index (χ3v) is 8.99. The Kier molecular flexibility index (Phi) is 8.11. The molecule has 2 aliphatic rings. The molecular formula is C35H42N4O3. The SMILES string of the molecule is CNCCN1CCn2c(c(C3CCCCC3)c3ccc(C(=O)O)cc32)-c2ccc(OCc3cccc(N(C)C)c3)cc21. The lowest BCUT2D eigenvalue weighted by Crippen LogP contribution is -2.32. The molecule has 1 fully saturated rings. The highest BCUT2D eigenvalue weighted by atomic mass is 16.5. The van der Waals surface area contributed by atoms with Crippen molar-refractivity contribution in [3.05, 3.63) is 77.4 Å². The van der Waals surface area contributed by atoms with Crippen LogP contribution in [0.3, 0.4) is 0 Å². The molecule has 7 heteroatoms. The number of rotatable bonds is 9. The molecule has 3 aromatic carbocycles. The number of aromatic nitrogens is 1. The van der Waals surface area contributed by atoms with Gasteiger partial charge in [0.15, 0.2) is 0 Å². The standard InChI is InChI=1S/C35H42N4O3/c1-36-16-17-38-18-19-39-32-21-26(35(40)41)12-14-29(32)33(25-9-5-4-6-10-25)34(39)30-15-13-28(22-31(30)38)42-23-24-8-7-11-27(20-24)37(2)3/h7-8,11-15,20-22,25,36H,4-6,9-10,16-19,23H2,1-3H3,(H,40,41). The van der Waals surface area contributed by atoms with E-state index in [0.29, 0.717) is 18.1 Å². The van der Waals surface area contributed by atoms with Gasteiger partial charge in [-0.1, -0.05) is 37.5 Å². The molecule has 0 saturated heterocycles. The third kappa shape index (κ3) is 5.45. The van der Waals surface area contributed by atoms with Gasteiger partial charge in [-0.2, -0.15) is 0 Å². The van der Waals surface area contributed by atoms with Gasteiger partial charge in [0.25, 0.3) is 0 Å². The smallest absolute Gasteiger partial charge is 0.335 e. The maximum absolute atomic E-state index is 12.0. The van der Waals surface area contributed by atoms with Gasteiger partial charge in [-0.05, 0) is 73.3 Å². The molecule has 4 aromatic rings. The molecule has 1 saturated carbocycles. The molecule has 6 rings (SSSR count). The first-order valence-corrected chi connectivity index (χ1v) is 15.3. The largest absolute Gasteiger partial charge is 0.489 e. The molecule has 0 atom stereocenters. The van der Waals surface area contributed by atoms with Crippen LogP contribution in [0.1, 0.15) is 59.5 Å². The predicted octanol–water partition coefficient (Wildman–Crippen LogP) is 6.74. The summed E-state index contributed by atoms with van der Waals surface area (Å²) in [7, 11) is 6.09. The van der Waals surface area contributed by atoms with Crippen LogP contribution in [0.4, 0.5) is 11.4 Å². The lowest BCUT2D eigenvalue weighted by Gasteiger charge is -2.26. The Hall–Kier alpha value is -3.97. The lowest BCUT2D eigenvalue weighted by atomic mass is 9.81. The van der Waals surface area contributed by atoms with Crippen molar-refractivity contribution in [2.75, 3.05) is 50.6 Å². The van der Waals surface area contributed by atoms with Gasteiger partial charge < -0.3 is 29.5 Å². The Balaban J connectivity index is 1.46. The fourth-order valence-electron chi connectivity index (χ4n) is 6.81. The van der Waals surface area contributed by atoms with Crippen molar-refractivity contribution in [2.45, 2.75) is 51.2 Å². The zero-order valence-corrected chi connectivity index (χ0v) is 25.0. The molecule has 220 valence electrons.